The molecule has 0 aromatic heterocycles. The van der Waals surface area contributed by atoms with Gasteiger partial charge >= 0.3 is 5.97 Å². The molecular formula is C16H16FNO4S. The summed E-state index contributed by atoms with van der Waals surface area (Å²) < 4.78 is 40.6. The van der Waals surface area contributed by atoms with Crippen LogP contribution in [0.25, 0.3) is 0 Å². The highest BCUT2D eigenvalue weighted by molar-refractivity contribution is 7.92. The van der Waals surface area contributed by atoms with Crippen LogP contribution in [0.5, 0.6) is 0 Å². The Hall–Kier alpha value is -2.41. The lowest BCUT2D eigenvalue weighted by atomic mass is 10.0. The van der Waals surface area contributed by atoms with Gasteiger partial charge in [-0.15, -0.1) is 0 Å². The third kappa shape index (κ3) is 3.87. The Morgan fingerprint density at radius 3 is 2.26 bits per heavy atom. The minimum Gasteiger partial charge on any atom is -0.478 e. The highest BCUT2D eigenvalue weighted by Crippen LogP contribution is 2.22. The Balaban J connectivity index is 2.35. The first-order valence-electron chi connectivity index (χ1n) is 6.86. The van der Waals surface area contributed by atoms with Crippen molar-refractivity contribution < 1.29 is 22.7 Å². The van der Waals surface area contributed by atoms with Crippen LogP contribution in [-0.2, 0) is 10.0 Å². The molecule has 0 saturated heterocycles. The van der Waals surface area contributed by atoms with Gasteiger partial charge in [-0.05, 0) is 41.8 Å². The van der Waals surface area contributed by atoms with Gasteiger partial charge in [0.1, 0.15) is 10.7 Å². The predicted molar refractivity (Wildman–Crippen MR) is 84.7 cm³/mol. The molecule has 23 heavy (non-hydrogen) atoms. The molecule has 0 bridgehead atoms. The maximum atomic E-state index is 13.8. The molecular weight excluding hydrogens is 321 g/mol. The number of hydrogen-bond donors (Lipinski definition) is 2. The smallest absolute Gasteiger partial charge is 0.335 e. The third-order valence-electron chi connectivity index (χ3n) is 3.30. The van der Waals surface area contributed by atoms with Crippen LogP contribution in [0.2, 0.25) is 0 Å². The zero-order valence-electron chi connectivity index (χ0n) is 12.6. The zero-order chi connectivity index (χ0) is 17.2. The van der Waals surface area contributed by atoms with Crippen LogP contribution in [0, 0.1) is 5.82 Å². The van der Waals surface area contributed by atoms with E-state index < -0.39 is 26.7 Å². The summed E-state index contributed by atoms with van der Waals surface area (Å²) in [5, 5.41) is 8.90. The minimum atomic E-state index is -4.22. The average Bonchev–Trinajstić information content (AvgIpc) is 2.47. The number of carboxylic acid groups (broad SMARTS) is 1. The normalized spacial score (nSPS) is 11.5. The Morgan fingerprint density at radius 2 is 1.74 bits per heavy atom. The van der Waals surface area contributed by atoms with Crippen molar-refractivity contribution in [2.24, 2.45) is 0 Å². The fraction of sp³-hybridized carbons (Fsp3) is 0.188. The first-order chi connectivity index (χ1) is 10.7. The molecule has 2 rings (SSSR count). The average molecular weight is 337 g/mol. The third-order valence-corrected chi connectivity index (χ3v) is 4.69. The SMILES string of the molecule is CC(C)c1ccc(NS(=O)(=O)c2cc(C(=O)O)ccc2F)cc1. The number of aromatic carboxylic acids is 1. The summed E-state index contributed by atoms with van der Waals surface area (Å²) in [5.74, 6) is -2.05. The number of hydrogen-bond acceptors (Lipinski definition) is 3. The monoisotopic (exact) mass is 337 g/mol. The summed E-state index contributed by atoms with van der Waals surface area (Å²) >= 11 is 0. The van der Waals surface area contributed by atoms with Crippen LogP contribution in [0.15, 0.2) is 47.4 Å². The summed E-state index contributed by atoms with van der Waals surface area (Å²) in [6.45, 7) is 4.01. The van der Waals surface area contributed by atoms with Crippen LogP contribution >= 0.6 is 0 Å². The highest BCUT2D eigenvalue weighted by atomic mass is 32.2. The van der Waals surface area contributed by atoms with Gasteiger partial charge < -0.3 is 5.11 Å². The number of sulfonamides is 1. The highest BCUT2D eigenvalue weighted by Gasteiger charge is 2.21. The molecule has 0 spiro atoms. The number of halogens is 1. The van der Waals surface area contributed by atoms with Gasteiger partial charge in [0.05, 0.1) is 5.56 Å². The molecule has 2 aromatic carbocycles. The fourth-order valence-corrected chi connectivity index (χ4v) is 3.15. The van der Waals surface area contributed by atoms with E-state index in [0.717, 1.165) is 23.8 Å². The van der Waals surface area contributed by atoms with Crippen LogP contribution in [0.1, 0.15) is 35.7 Å². The first kappa shape index (κ1) is 17.0. The quantitative estimate of drug-likeness (QED) is 0.875. The number of carboxylic acids is 1. The summed E-state index contributed by atoms with van der Waals surface area (Å²) in [4.78, 5) is 10.2. The molecule has 122 valence electrons. The second-order valence-corrected chi connectivity index (χ2v) is 6.98. The summed E-state index contributed by atoms with van der Waals surface area (Å²) in [6, 6.07) is 9.31. The van der Waals surface area contributed by atoms with Crippen LogP contribution in [-0.4, -0.2) is 19.5 Å². The van der Waals surface area contributed by atoms with Crippen molar-refractivity contribution >= 4 is 21.7 Å². The van der Waals surface area contributed by atoms with Crippen molar-refractivity contribution in [2.45, 2.75) is 24.7 Å². The van der Waals surface area contributed by atoms with Gasteiger partial charge in [-0.3, -0.25) is 4.72 Å². The number of nitrogens with one attached hydrogen (secondary N) is 1. The van der Waals surface area contributed by atoms with E-state index >= 15 is 0 Å². The van der Waals surface area contributed by atoms with Gasteiger partial charge in [0.25, 0.3) is 10.0 Å². The maximum absolute atomic E-state index is 13.8. The van der Waals surface area contributed by atoms with E-state index in [2.05, 4.69) is 4.72 Å². The lowest BCUT2D eigenvalue weighted by molar-refractivity contribution is 0.0696. The van der Waals surface area contributed by atoms with E-state index in [9.17, 15) is 17.6 Å². The summed E-state index contributed by atoms with van der Waals surface area (Å²) in [5.41, 5.74) is 1.00. The predicted octanol–water partition coefficient (Wildman–Crippen LogP) is 3.45. The zero-order valence-corrected chi connectivity index (χ0v) is 13.4. The molecule has 0 aliphatic rings. The van der Waals surface area contributed by atoms with Gasteiger partial charge in [-0.25, -0.2) is 17.6 Å². The number of rotatable bonds is 5. The number of anilines is 1. The molecule has 0 saturated carbocycles. The lowest BCUT2D eigenvalue weighted by Crippen LogP contribution is -2.15. The molecule has 7 heteroatoms. The lowest BCUT2D eigenvalue weighted by Gasteiger charge is -2.11. The molecule has 0 radical (unpaired) electrons. The van der Waals surface area contributed by atoms with Crippen molar-refractivity contribution in [1.82, 2.24) is 0 Å². The largest absolute Gasteiger partial charge is 0.478 e. The molecule has 0 unspecified atom stereocenters. The standard InChI is InChI=1S/C16H16FNO4S/c1-10(2)11-3-6-13(7-4-11)18-23(21,22)15-9-12(16(19)20)5-8-14(15)17/h3-10,18H,1-2H3,(H,19,20). The molecule has 0 aliphatic carbocycles. The maximum Gasteiger partial charge on any atom is 0.335 e. The molecule has 2 aromatic rings. The van der Waals surface area contributed by atoms with E-state index in [1.807, 2.05) is 13.8 Å². The van der Waals surface area contributed by atoms with Crippen LogP contribution in [0.3, 0.4) is 0 Å². The Labute approximate surface area is 133 Å². The molecule has 0 aliphatic heterocycles. The number of carbonyl (C=O) groups is 1. The van der Waals surface area contributed by atoms with E-state index in [1.165, 1.54) is 0 Å². The Morgan fingerprint density at radius 1 is 1.13 bits per heavy atom. The van der Waals surface area contributed by atoms with Gasteiger partial charge in [0.2, 0.25) is 0 Å². The van der Waals surface area contributed by atoms with Crippen molar-refractivity contribution in [2.75, 3.05) is 4.72 Å². The van der Waals surface area contributed by atoms with Crippen molar-refractivity contribution in [1.29, 1.82) is 0 Å². The van der Waals surface area contributed by atoms with Crippen molar-refractivity contribution in [3.63, 3.8) is 0 Å². The molecule has 0 fully saturated rings. The van der Waals surface area contributed by atoms with E-state index in [-0.39, 0.29) is 11.3 Å². The summed E-state index contributed by atoms with van der Waals surface area (Å²) in [7, 11) is -4.22. The van der Waals surface area contributed by atoms with E-state index in [4.69, 9.17) is 5.11 Å². The van der Waals surface area contributed by atoms with Gasteiger partial charge in [-0.2, -0.15) is 0 Å². The van der Waals surface area contributed by atoms with Gasteiger partial charge in [0, 0.05) is 5.69 Å². The molecule has 0 amide bonds. The molecule has 5 nitrogen and oxygen atoms in total. The van der Waals surface area contributed by atoms with E-state index in [1.54, 1.807) is 24.3 Å². The second kappa shape index (κ2) is 6.37. The minimum absolute atomic E-state index is 0.273. The van der Waals surface area contributed by atoms with E-state index in [0.29, 0.717) is 5.92 Å². The first-order valence-corrected chi connectivity index (χ1v) is 8.34. The summed E-state index contributed by atoms with van der Waals surface area (Å²) in [6.07, 6.45) is 0. The topological polar surface area (TPSA) is 83.5 Å². The fourth-order valence-electron chi connectivity index (χ4n) is 1.99. The Kier molecular flexibility index (Phi) is 4.70. The van der Waals surface area contributed by atoms with Crippen molar-refractivity contribution in [3.8, 4) is 0 Å². The molecule has 0 atom stereocenters. The van der Waals surface area contributed by atoms with Gasteiger partial charge in [-0.1, -0.05) is 26.0 Å². The molecule has 0 heterocycles. The van der Waals surface area contributed by atoms with Crippen molar-refractivity contribution in [3.05, 3.63) is 59.4 Å². The van der Waals surface area contributed by atoms with Crippen LogP contribution in [0.4, 0.5) is 10.1 Å². The molecule has 2 N–H and O–H groups in total. The Bertz CT molecular complexity index is 830. The second-order valence-electron chi connectivity index (χ2n) is 5.33. The van der Waals surface area contributed by atoms with Gasteiger partial charge in [0.15, 0.2) is 0 Å². The van der Waals surface area contributed by atoms with Crippen LogP contribution < -0.4 is 4.72 Å². The number of benzene rings is 2.